The molecule has 0 aliphatic rings. The average molecular weight is 325 g/mol. The Hall–Kier alpha value is -1.86. The van der Waals surface area contributed by atoms with Crippen LogP contribution in [-0.4, -0.2) is 21.0 Å². The van der Waals surface area contributed by atoms with Crippen LogP contribution in [0.5, 0.6) is 0 Å². The van der Waals surface area contributed by atoms with Crippen LogP contribution in [0.1, 0.15) is 22.8 Å². The van der Waals surface area contributed by atoms with Crippen LogP contribution in [0.25, 0.3) is 0 Å². The molecule has 1 heterocycles. The molecule has 21 heavy (non-hydrogen) atoms. The van der Waals surface area contributed by atoms with E-state index in [-0.39, 0.29) is 10.8 Å². The number of nitrogens with one attached hydrogen (secondary N) is 1. The third-order valence-electron chi connectivity index (χ3n) is 2.83. The smallest absolute Gasteiger partial charge is 0.338 e. The molecular formula is C14H15NO4S2. The number of sulfonamides is 1. The van der Waals surface area contributed by atoms with Crippen LogP contribution >= 0.6 is 11.3 Å². The highest BCUT2D eigenvalue weighted by molar-refractivity contribution is 7.94. The van der Waals surface area contributed by atoms with Crippen LogP contribution < -0.4 is 4.72 Å². The van der Waals surface area contributed by atoms with Crippen LogP contribution in [0.2, 0.25) is 0 Å². The Balaban J connectivity index is 2.34. The molecule has 2 aromatic rings. The van der Waals surface area contributed by atoms with Gasteiger partial charge in [-0.05, 0) is 43.0 Å². The summed E-state index contributed by atoms with van der Waals surface area (Å²) >= 11 is 1.13. The van der Waals surface area contributed by atoms with Gasteiger partial charge < -0.3 is 4.74 Å². The Labute approximate surface area is 127 Å². The summed E-state index contributed by atoms with van der Waals surface area (Å²) in [4.78, 5) is 11.8. The number of hydrogen-bond donors (Lipinski definition) is 1. The Morgan fingerprint density at radius 2 is 2.05 bits per heavy atom. The normalized spacial score (nSPS) is 11.1. The molecule has 0 amide bonds. The van der Waals surface area contributed by atoms with Gasteiger partial charge in [0.25, 0.3) is 10.0 Å². The zero-order valence-corrected chi connectivity index (χ0v) is 13.3. The number of hydrogen-bond acceptors (Lipinski definition) is 5. The van der Waals surface area contributed by atoms with Crippen molar-refractivity contribution in [2.45, 2.75) is 18.1 Å². The molecule has 5 nitrogen and oxygen atoms in total. The van der Waals surface area contributed by atoms with Crippen molar-refractivity contribution in [1.82, 2.24) is 0 Å². The number of rotatable bonds is 5. The van der Waals surface area contributed by atoms with Gasteiger partial charge in [0.1, 0.15) is 4.21 Å². The predicted octanol–water partition coefficient (Wildman–Crippen LogP) is 3.03. The molecule has 112 valence electrons. The second-order valence-electron chi connectivity index (χ2n) is 4.24. The molecule has 1 aromatic heterocycles. The van der Waals surface area contributed by atoms with Gasteiger partial charge in [-0.25, -0.2) is 13.2 Å². The summed E-state index contributed by atoms with van der Waals surface area (Å²) in [5, 5.41) is 1.69. The van der Waals surface area contributed by atoms with Crippen LogP contribution in [-0.2, 0) is 14.8 Å². The van der Waals surface area contributed by atoms with E-state index in [1.807, 2.05) is 0 Å². The van der Waals surface area contributed by atoms with Crippen LogP contribution in [0.15, 0.2) is 39.9 Å². The Bertz CT molecular complexity index is 736. The summed E-state index contributed by atoms with van der Waals surface area (Å²) in [6, 6.07) is 8.03. The maximum Gasteiger partial charge on any atom is 0.338 e. The minimum absolute atomic E-state index is 0.225. The first-order valence-corrected chi connectivity index (χ1v) is 8.65. The van der Waals surface area contributed by atoms with Crippen LogP contribution in [0.3, 0.4) is 0 Å². The molecule has 0 aliphatic carbocycles. The lowest BCUT2D eigenvalue weighted by molar-refractivity contribution is 0.0525. The molecule has 0 fully saturated rings. The van der Waals surface area contributed by atoms with Crippen molar-refractivity contribution >= 4 is 33.0 Å². The van der Waals surface area contributed by atoms with Gasteiger partial charge in [-0.3, -0.25) is 4.72 Å². The molecule has 0 bridgehead atoms. The van der Waals surface area contributed by atoms with E-state index >= 15 is 0 Å². The molecule has 0 radical (unpaired) electrons. The van der Waals surface area contributed by atoms with E-state index in [0.29, 0.717) is 16.8 Å². The fraction of sp³-hybridized carbons (Fsp3) is 0.214. The summed E-state index contributed by atoms with van der Waals surface area (Å²) in [5.74, 6) is -0.466. The Morgan fingerprint density at radius 3 is 2.67 bits per heavy atom. The second kappa shape index (κ2) is 6.28. The first kappa shape index (κ1) is 15.5. The van der Waals surface area contributed by atoms with Crippen molar-refractivity contribution in [3.05, 3.63) is 46.8 Å². The molecular weight excluding hydrogens is 310 g/mol. The zero-order chi connectivity index (χ0) is 15.5. The molecule has 0 aliphatic heterocycles. The van der Waals surface area contributed by atoms with Crippen molar-refractivity contribution in [1.29, 1.82) is 0 Å². The third kappa shape index (κ3) is 3.43. The highest BCUT2D eigenvalue weighted by atomic mass is 32.2. The average Bonchev–Trinajstić information content (AvgIpc) is 2.96. The van der Waals surface area contributed by atoms with Gasteiger partial charge in [-0.1, -0.05) is 12.1 Å². The second-order valence-corrected chi connectivity index (χ2v) is 7.09. The minimum Gasteiger partial charge on any atom is -0.462 e. The van der Waals surface area contributed by atoms with Crippen LogP contribution in [0, 0.1) is 6.92 Å². The van der Waals surface area contributed by atoms with Gasteiger partial charge in [-0.2, -0.15) is 0 Å². The van der Waals surface area contributed by atoms with Gasteiger partial charge in [-0.15, -0.1) is 11.3 Å². The largest absolute Gasteiger partial charge is 0.462 e. The molecule has 1 N–H and O–H groups in total. The highest BCUT2D eigenvalue weighted by Crippen LogP contribution is 2.24. The SMILES string of the molecule is CCOC(=O)c1cccc(NS(=O)(=O)c2cccs2)c1C. The van der Waals surface area contributed by atoms with E-state index in [1.54, 1.807) is 43.5 Å². The van der Waals surface area contributed by atoms with E-state index in [0.717, 1.165) is 11.3 Å². The Morgan fingerprint density at radius 1 is 1.29 bits per heavy atom. The monoisotopic (exact) mass is 325 g/mol. The first-order chi connectivity index (χ1) is 9.95. The predicted molar refractivity (Wildman–Crippen MR) is 82.3 cm³/mol. The number of ether oxygens (including phenoxy) is 1. The lowest BCUT2D eigenvalue weighted by Crippen LogP contribution is -2.14. The van der Waals surface area contributed by atoms with Gasteiger partial charge >= 0.3 is 5.97 Å². The summed E-state index contributed by atoms with van der Waals surface area (Å²) in [6.45, 7) is 3.67. The molecule has 0 unspecified atom stereocenters. The lowest BCUT2D eigenvalue weighted by Gasteiger charge is -2.12. The summed E-state index contributed by atoms with van der Waals surface area (Å²) < 4.78 is 32.1. The fourth-order valence-corrected chi connectivity index (χ4v) is 3.90. The lowest BCUT2D eigenvalue weighted by atomic mass is 10.1. The fourth-order valence-electron chi connectivity index (χ4n) is 1.79. The standard InChI is InChI=1S/C14H15NO4S2/c1-3-19-14(16)11-6-4-7-12(10(11)2)15-21(17,18)13-8-5-9-20-13/h4-9,15H,3H2,1-2H3. The molecule has 2 rings (SSSR count). The molecule has 0 saturated carbocycles. The van der Waals surface area contributed by atoms with Crippen molar-refractivity contribution in [3.63, 3.8) is 0 Å². The van der Waals surface area contributed by atoms with Crippen LogP contribution in [0.4, 0.5) is 5.69 Å². The van der Waals surface area contributed by atoms with Gasteiger partial charge in [0.05, 0.1) is 17.9 Å². The van der Waals surface area contributed by atoms with E-state index in [4.69, 9.17) is 4.74 Å². The van der Waals surface area contributed by atoms with Crippen molar-refractivity contribution < 1.29 is 17.9 Å². The number of carbonyl (C=O) groups is 1. The maximum atomic E-state index is 12.2. The number of thiophene rings is 1. The maximum absolute atomic E-state index is 12.2. The molecule has 0 atom stereocenters. The third-order valence-corrected chi connectivity index (χ3v) is 5.60. The van der Waals surface area contributed by atoms with Gasteiger partial charge in [0.15, 0.2) is 0 Å². The Kier molecular flexibility index (Phi) is 4.64. The van der Waals surface area contributed by atoms with Crippen molar-refractivity contribution in [2.75, 3.05) is 11.3 Å². The summed E-state index contributed by atoms with van der Waals surface area (Å²) in [6.07, 6.45) is 0. The van der Waals surface area contributed by atoms with E-state index < -0.39 is 16.0 Å². The molecule has 7 heteroatoms. The van der Waals surface area contributed by atoms with Gasteiger partial charge in [0, 0.05) is 0 Å². The zero-order valence-electron chi connectivity index (χ0n) is 11.6. The van der Waals surface area contributed by atoms with E-state index in [2.05, 4.69) is 4.72 Å². The topological polar surface area (TPSA) is 72.5 Å². The van der Waals surface area contributed by atoms with Gasteiger partial charge in [0.2, 0.25) is 0 Å². The number of esters is 1. The molecule has 0 saturated heterocycles. The molecule has 1 aromatic carbocycles. The number of carbonyl (C=O) groups excluding carboxylic acids is 1. The minimum atomic E-state index is -3.63. The van der Waals surface area contributed by atoms with E-state index in [1.165, 1.54) is 6.07 Å². The van der Waals surface area contributed by atoms with E-state index in [9.17, 15) is 13.2 Å². The number of anilines is 1. The quantitative estimate of drug-likeness (QED) is 0.858. The summed E-state index contributed by atoms with van der Waals surface area (Å²) in [5.41, 5.74) is 1.26. The molecule has 0 spiro atoms. The highest BCUT2D eigenvalue weighted by Gasteiger charge is 2.19. The van der Waals surface area contributed by atoms with Crippen molar-refractivity contribution in [2.24, 2.45) is 0 Å². The summed E-state index contributed by atoms with van der Waals surface area (Å²) in [7, 11) is -3.63. The first-order valence-electron chi connectivity index (χ1n) is 6.28. The van der Waals surface area contributed by atoms with Crippen molar-refractivity contribution in [3.8, 4) is 0 Å². The number of benzene rings is 1.